The van der Waals surface area contributed by atoms with Gasteiger partial charge < -0.3 is 19.5 Å². The molecule has 0 spiro atoms. The summed E-state index contributed by atoms with van der Waals surface area (Å²) in [7, 11) is 1.58. The number of hydrogen-bond acceptors (Lipinski definition) is 7. The fourth-order valence-electron chi connectivity index (χ4n) is 5.48. The van der Waals surface area contributed by atoms with Gasteiger partial charge in [0.05, 0.1) is 25.9 Å². The van der Waals surface area contributed by atoms with E-state index in [0.717, 1.165) is 23.1 Å². The number of methoxy groups -OCH3 is 1. The number of hydrogen-bond donors (Lipinski definition) is 1. The smallest absolute Gasteiger partial charge is 0.336 e. The van der Waals surface area contributed by atoms with Crippen molar-refractivity contribution in [3.63, 3.8) is 0 Å². The molecule has 200 valence electrons. The highest BCUT2D eigenvalue weighted by molar-refractivity contribution is 6.13. The number of allylic oxidation sites excluding steroid dienone is 3. The Bertz CT molecular complexity index is 1290. The summed E-state index contributed by atoms with van der Waals surface area (Å²) in [4.78, 5) is 40.9. The number of aryl methyl sites for hydroxylation is 1. The molecule has 0 saturated carbocycles. The Morgan fingerprint density at radius 2 is 1.68 bits per heavy atom. The molecule has 1 aliphatic heterocycles. The number of ketones is 1. The zero-order valence-electron chi connectivity index (χ0n) is 22.6. The fourth-order valence-corrected chi connectivity index (χ4v) is 5.48. The van der Waals surface area contributed by atoms with Gasteiger partial charge in [-0.3, -0.25) is 9.59 Å². The molecule has 0 amide bonds. The summed E-state index contributed by atoms with van der Waals surface area (Å²) in [6, 6.07) is 15.3. The highest BCUT2D eigenvalue weighted by Gasteiger charge is 2.49. The van der Waals surface area contributed by atoms with Crippen LogP contribution >= 0.6 is 0 Å². The number of dihydropyridines is 1. The molecule has 7 nitrogen and oxygen atoms in total. The maximum atomic E-state index is 14.3. The summed E-state index contributed by atoms with van der Waals surface area (Å²) < 4.78 is 16.2. The van der Waals surface area contributed by atoms with Crippen molar-refractivity contribution in [1.82, 2.24) is 5.32 Å². The van der Waals surface area contributed by atoms with Gasteiger partial charge in [-0.05, 0) is 62.4 Å². The van der Waals surface area contributed by atoms with Crippen LogP contribution in [0.25, 0.3) is 0 Å². The van der Waals surface area contributed by atoms with E-state index in [1.807, 2.05) is 55.5 Å². The molecule has 2 aliphatic rings. The van der Waals surface area contributed by atoms with Gasteiger partial charge in [-0.25, -0.2) is 4.79 Å². The lowest BCUT2D eigenvalue weighted by Crippen LogP contribution is -2.43. The van der Waals surface area contributed by atoms with Crippen LogP contribution in [0.15, 0.2) is 71.1 Å². The topological polar surface area (TPSA) is 90.9 Å². The second-order valence-corrected chi connectivity index (χ2v) is 9.49. The highest BCUT2D eigenvalue weighted by Crippen LogP contribution is 2.48. The lowest BCUT2D eigenvalue weighted by atomic mass is 9.67. The van der Waals surface area contributed by atoms with Crippen LogP contribution in [0.5, 0.6) is 5.75 Å². The van der Waals surface area contributed by atoms with Gasteiger partial charge in [0.25, 0.3) is 0 Å². The third-order valence-electron chi connectivity index (χ3n) is 7.30. The van der Waals surface area contributed by atoms with Gasteiger partial charge in [-0.1, -0.05) is 43.3 Å². The lowest BCUT2D eigenvalue weighted by molar-refractivity contribution is -0.152. The molecule has 1 heterocycles. The van der Waals surface area contributed by atoms with Gasteiger partial charge >= 0.3 is 11.9 Å². The van der Waals surface area contributed by atoms with E-state index in [2.05, 4.69) is 12.2 Å². The van der Waals surface area contributed by atoms with Crippen LogP contribution in [0.1, 0.15) is 62.6 Å². The van der Waals surface area contributed by atoms with Crippen molar-refractivity contribution in [2.24, 2.45) is 5.92 Å². The third kappa shape index (κ3) is 5.10. The van der Waals surface area contributed by atoms with E-state index in [0.29, 0.717) is 34.7 Å². The number of esters is 2. The summed E-state index contributed by atoms with van der Waals surface area (Å²) in [6.07, 6.45) is 1.26. The van der Waals surface area contributed by atoms with Crippen LogP contribution in [-0.2, 0) is 30.3 Å². The first-order valence-electron chi connectivity index (χ1n) is 13.2. The Morgan fingerprint density at radius 1 is 0.974 bits per heavy atom. The van der Waals surface area contributed by atoms with Crippen LogP contribution in [0.2, 0.25) is 0 Å². The summed E-state index contributed by atoms with van der Waals surface area (Å²) in [5.74, 6) is -2.92. The third-order valence-corrected chi connectivity index (χ3v) is 7.30. The second kappa shape index (κ2) is 11.7. The maximum absolute atomic E-state index is 14.3. The van der Waals surface area contributed by atoms with Gasteiger partial charge in [-0.2, -0.15) is 0 Å². The molecule has 1 aliphatic carbocycles. The lowest BCUT2D eigenvalue weighted by Gasteiger charge is -2.39. The number of carbonyl (C=O) groups excluding carboxylic acids is 3. The first-order valence-corrected chi connectivity index (χ1v) is 13.2. The van der Waals surface area contributed by atoms with Gasteiger partial charge in [0, 0.05) is 28.8 Å². The minimum absolute atomic E-state index is 0.159. The van der Waals surface area contributed by atoms with Crippen LogP contribution in [0, 0.1) is 5.92 Å². The minimum Gasteiger partial charge on any atom is -0.497 e. The number of carbonyl (C=O) groups is 3. The predicted octanol–water partition coefficient (Wildman–Crippen LogP) is 4.97. The van der Waals surface area contributed by atoms with E-state index in [4.69, 9.17) is 14.2 Å². The van der Waals surface area contributed by atoms with Crippen LogP contribution in [0.3, 0.4) is 0 Å². The first-order chi connectivity index (χ1) is 18.3. The molecule has 7 heteroatoms. The standard InChI is InChI=1S/C31H35NO6/c1-6-19-12-14-20(15-13-19)26-25(30(34)37-7-2)18(4)32-24-17-23(21-10-9-11-22(16-21)36-5)27(29(33)28(24)26)31(35)38-8-3/h9-16,23,26-27,32H,6-8,17H2,1-5H3/t23-,26-,27-/m1/s1. The maximum Gasteiger partial charge on any atom is 0.336 e. The van der Waals surface area contributed by atoms with Crippen molar-refractivity contribution in [2.75, 3.05) is 20.3 Å². The Balaban J connectivity index is 1.89. The first kappa shape index (κ1) is 27.2. The zero-order valence-corrected chi connectivity index (χ0v) is 22.6. The monoisotopic (exact) mass is 517 g/mol. The molecule has 0 unspecified atom stereocenters. The molecular weight excluding hydrogens is 482 g/mol. The summed E-state index contributed by atoms with van der Waals surface area (Å²) in [5, 5.41) is 3.33. The Morgan fingerprint density at radius 3 is 2.32 bits per heavy atom. The molecule has 3 atom stereocenters. The van der Waals surface area contributed by atoms with E-state index < -0.39 is 29.7 Å². The van der Waals surface area contributed by atoms with Crippen LogP contribution in [0.4, 0.5) is 0 Å². The number of rotatable bonds is 8. The molecule has 4 rings (SSSR count). The summed E-state index contributed by atoms with van der Waals surface area (Å²) >= 11 is 0. The van der Waals surface area contributed by atoms with Gasteiger partial charge in [0.2, 0.25) is 0 Å². The molecule has 1 N–H and O–H groups in total. The number of nitrogens with one attached hydrogen (secondary N) is 1. The van der Waals surface area contributed by atoms with E-state index >= 15 is 0 Å². The molecule has 38 heavy (non-hydrogen) atoms. The molecule has 0 bridgehead atoms. The quantitative estimate of drug-likeness (QED) is 0.390. The van der Waals surface area contributed by atoms with Crippen molar-refractivity contribution >= 4 is 17.7 Å². The Hall–Kier alpha value is -3.87. The van der Waals surface area contributed by atoms with Crippen LogP contribution in [-0.4, -0.2) is 38.0 Å². The molecule has 0 aromatic heterocycles. The molecule has 2 aromatic carbocycles. The zero-order chi connectivity index (χ0) is 27.4. The van der Waals surface area contributed by atoms with Gasteiger partial charge in [0.15, 0.2) is 5.78 Å². The fraction of sp³-hybridized carbons (Fsp3) is 0.387. The van der Waals surface area contributed by atoms with Crippen molar-refractivity contribution in [3.8, 4) is 5.75 Å². The second-order valence-electron chi connectivity index (χ2n) is 9.49. The number of ether oxygens (including phenoxy) is 3. The van der Waals surface area contributed by atoms with E-state index in [9.17, 15) is 14.4 Å². The number of Topliss-reactive ketones (excluding diaryl/α,β-unsaturated/α-hetero) is 1. The Kier molecular flexibility index (Phi) is 8.35. The van der Waals surface area contributed by atoms with Crippen molar-refractivity contribution < 1.29 is 28.6 Å². The minimum atomic E-state index is -1.05. The van der Waals surface area contributed by atoms with Gasteiger partial charge in [0.1, 0.15) is 11.7 Å². The summed E-state index contributed by atoms with van der Waals surface area (Å²) in [5.41, 5.74) is 4.90. The van der Waals surface area contributed by atoms with E-state index in [1.165, 1.54) is 0 Å². The van der Waals surface area contributed by atoms with Crippen LogP contribution < -0.4 is 10.1 Å². The molecule has 2 aromatic rings. The molecular formula is C31H35NO6. The SMILES string of the molecule is CCOC(=O)C1=C(C)NC2=C(C(=O)[C@H](C(=O)OCC)[C@@H](c3cccc(OC)c3)C2)[C@@H]1c1ccc(CC)cc1. The molecule has 0 fully saturated rings. The Labute approximate surface area is 223 Å². The van der Waals surface area contributed by atoms with Crippen molar-refractivity contribution in [3.05, 3.63) is 87.8 Å². The average Bonchev–Trinajstić information content (AvgIpc) is 2.92. The van der Waals surface area contributed by atoms with Crippen molar-refractivity contribution in [2.45, 2.75) is 52.4 Å². The normalized spacial score (nSPS) is 21.0. The van der Waals surface area contributed by atoms with E-state index in [1.54, 1.807) is 21.0 Å². The predicted molar refractivity (Wildman–Crippen MR) is 144 cm³/mol. The highest BCUT2D eigenvalue weighted by atomic mass is 16.5. The largest absolute Gasteiger partial charge is 0.497 e. The van der Waals surface area contributed by atoms with E-state index in [-0.39, 0.29) is 19.0 Å². The summed E-state index contributed by atoms with van der Waals surface area (Å²) in [6.45, 7) is 7.74. The van der Waals surface area contributed by atoms with Crippen molar-refractivity contribution in [1.29, 1.82) is 0 Å². The number of benzene rings is 2. The van der Waals surface area contributed by atoms with Gasteiger partial charge in [-0.15, -0.1) is 0 Å². The molecule has 0 saturated heterocycles. The average molecular weight is 518 g/mol. The molecule has 0 radical (unpaired) electrons.